The zero-order valence-corrected chi connectivity index (χ0v) is 15.3. The van der Waals surface area contributed by atoms with Crippen LogP contribution in [0, 0.1) is 0 Å². The molecular weight excluding hydrogens is 344 g/mol. The van der Waals surface area contributed by atoms with E-state index in [4.69, 9.17) is 9.26 Å². The van der Waals surface area contributed by atoms with Gasteiger partial charge in [0.05, 0.1) is 12.7 Å². The Hall–Kier alpha value is -3.22. The number of methoxy groups -OCH3 is 1. The molecule has 0 saturated carbocycles. The highest BCUT2D eigenvalue weighted by atomic mass is 16.5. The van der Waals surface area contributed by atoms with E-state index in [1.165, 1.54) is 5.56 Å². The predicted molar refractivity (Wildman–Crippen MR) is 99.6 cm³/mol. The van der Waals surface area contributed by atoms with Crippen LogP contribution in [0.4, 0.5) is 5.69 Å². The summed E-state index contributed by atoms with van der Waals surface area (Å²) in [4.78, 5) is 22.9. The van der Waals surface area contributed by atoms with E-state index in [2.05, 4.69) is 34.2 Å². The second-order valence-corrected chi connectivity index (χ2v) is 6.47. The lowest BCUT2D eigenvalue weighted by molar-refractivity contribution is -0.117. The molecule has 1 aromatic carbocycles. The van der Waals surface area contributed by atoms with Crippen molar-refractivity contribution in [2.75, 3.05) is 18.6 Å². The Bertz CT molecular complexity index is 935. The van der Waals surface area contributed by atoms with Gasteiger partial charge in [0.2, 0.25) is 11.8 Å². The van der Waals surface area contributed by atoms with Crippen molar-refractivity contribution in [3.05, 3.63) is 54.0 Å². The molecule has 0 aliphatic carbocycles. The van der Waals surface area contributed by atoms with E-state index in [-0.39, 0.29) is 11.8 Å². The molecular formula is C20H20N4O3. The van der Waals surface area contributed by atoms with Crippen LogP contribution in [0.2, 0.25) is 0 Å². The standard InChI is InChI=1S/C20H20N4O3/c1-3-13-4-7-16(8-5-13)24-12-15(10-18(24)25)19-22-20(27-23-19)14-6-9-17(26-2)21-11-14/h4-9,11,15H,3,10,12H2,1-2H3. The van der Waals surface area contributed by atoms with E-state index in [9.17, 15) is 4.79 Å². The van der Waals surface area contributed by atoms with Gasteiger partial charge >= 0.3 is 0 Å². The van der Waals surface area contributed by atoms with E-state index in [1.807, 2.05) is 18.2 Å². The first-order valence-corrected chi connectivity index (χ1v) is 8.91. The summed E-state index contributed by atoms with van der Waals surface area (Å²) in [6, 6.07) is 11.6. The molecule has 1 saturated heterocycles. The van der Waals surface area contributed by atoms with Crippen LogP contribution in [-0.2, 0) is 11.2 Å². The monoisotopic (exact) mass is 364 g/mol. The minimum Gasteiger partial charge on any atom is -0.481 e. The number of hydrogen-bond donors (Lipinski definition) is 0. The Kier molecular flexibility index (Phi) is 4.58. The normalized spacial score (nSPS) is 16.7. The minimum atomic E-state index is -0.0907. The Labute approximate surface area is 157 Å². The van der Waals surface area contributed by atoms with Crippen LogP contribution in [0.25, 0.3) is 11.5 Å². The molecule has 1 aliphatic heterocycles. The van der Waals surface area contributed by atoms with Crippen LogP contribution in [0.5, 0.6) is 5.88 Å². The largest absolute Gasteiger partial charge is 0.481 e. The van der Waals surface area contributed by atoms with Crippen molar-refractivity contribution in [2.24, 2.45) is 0 Å². The minimum absolute atomic E-state index is 0.0710. The molecule has 3 aromatic rings. The highest BCUT2D eigenvalue weighted by Crippen LogP contribution is 2.31. The van der Waals surface area contributed by atoms with E-state index in [0.29, 0.717) is 36.1 Å². The van der Waals surface area contributed by atoms with Gasteiger partial charge in [0, 0.05) is 36.8 Å². The zero-order chi connectivity index (χ0) is 18.8. The van der Waals surface area contributed by atoms with Crippen molar-refractivity contribution in [3.63, 3.8) is 0 Å². The van der Waals surface area contributed by atoms with Gasteiger partial charge in [-0.3, -0.25) is 4.79 Å². The van der Waals surface area contributed by atoms with Gasteiger partial charge in [-0.25, -0.2) is 4.98 Å². The smallest absolute Gasteiger partial charge is 0.259 e. The number of carbonyl (C=O) groups is 1. The number of aryl methyl sites for hydroxylation is 1. The van der Waals surface area contributed by atoms with Crippen molar-refractivity contribution in [1.29, 1.82) is 0 Å². The molecule has 1 amide bonds. The fourth-order valence-electron chi connectivity index (χ4n) is 3.19. The third kappa shape index (κ3) is 3.40. The molecule has 7 heteroatoms. The van der Waals surface area contributed by atoms with Gasteiger partial charge in [-0.15, -0.1) is 0 Å². The fourth-order valence-corrected chi connectivity index (χ4v) is 3.19. The van der Waals surface area contributed by atoms with Crippen LogP contribution in [0.1, 0.15) is 30.7 Å². The molecule has 0 radical (unpaired) electrons. The maximum atomic E-state index is 12.5. The summed E-state index contributed by atoms with van der Waals surface area (Å²) in [5.74, 6) is 1.43. The first-order valence-electron chi connectivity index (χ1n) is 8.91. The van der Waals surface area contributed by atoms with Crippen molar-refractivity contribution >= 4 is 11.6 Å². The van der Waals surface area contributed by atoms with E-state index >= 15 is 0 Å². The molecule has 7 nitrogen and oxygen atoms in total. The van der Waals surface area contributed by atoms with Gasteiger partial charge in [-0.05, 0) is 30.2 Å². The van der Waals surface area contributed by atoms with Crippen molar-refractivity contribution in [3.8, 4) is 17.3 Å². The summed E-state index contributed by atoms with van der Waals surface area (Å²) in [5, 5.41) is 4.08. The quantitative estimate of drug-likeness (QED) is 0.691. The number of ether oxygens (including phenoxy) is 1. The Morgan fingerprint density at radius 2 is 2.04 bits per heavy atom. The van der Waals surface area contributed by atoms with E-state index in [0.717, 1.165) is 12.1 Å². The molecule has 0 spiro atoms. The lowest BCUT2D eigenvalue weighted by atomic mass is 10.1. The molecule has 27 heavy (non-hydrogen) atoms. The van der Waals surface area contributed by atoms with Gasteiger partial charge in [0.25, 0.3) is 5.89 Å². The average Bonchev–Trinajstić information content (AvgIpc) is 3.35. The molecule has 4 rings (SSSR count). The number of carbonyl (C=O) groups excluding carboxylic acids is 1. The second-order valence-electron chi connectivity index (χ2n) is 6.47. The lowest BCUT2D eigenvalue weighted by Gasteiger charge is -2.16. The van der Waals surface area contributed by atoms with Gasteiger partial charge in [-0.2, -0.15) is 4.98 Å². The van der Waals surface area contributed by atoms with Gasteiger partial charge < -0.3 is 14.2 Å². The second kappa shape index (κ2) is 7.19. The van der Waals surface area contributed by atoms with Crippen molar-refractivity contribution in [2.45, 2.75) is 25.7 Å². The lowest BCUT2D eigenvalue weighted by Crippen LogP contribution is -2.24. The molecule has 2 aromatic heterocycles. The van der Waals surface area contributed by atoms with Gasteiger partial charge in [0.15, 0.2) is 5.82 Å². The average molecular weight is 364 g/mol. The maximum absolute atomic E-state index is 12.5. The van der Waals surface area contributed by atoms with Crippen LogP contribution in [-0.4, -0.2) is 34.7 Å². The summed E-state index contributed by atoms with van der Waals surface area (Å²) < 4.78 is 10.4. The number of anilines is 1. The number of nitrogens with zero attached hydrogens (tertiary/aromatic N) is 4. The third-order valence-electron chi connectivity index (χ3n) is 4.78. The summed E-state index contributed by atoms with van der Waals surface area (Å²) in [6.45, 7) is 2.66. The highest BCUT2D eigenvalue weighted by molar-refractivity contribution is 5.96. The Balaban J connectivity index is 1.51. The summed E-state index contributed by atoms with van der Waals surface area (Å²) in [5.41, 5.74) is 2.87. The fraction of sp³-hybridized carbons (Fsp3) is 0.300. The number of benzene rings is 1. The molecule has 0 bridgehead atoms. The van der Waals surface area contributed by atoms with Crippen molar-refractivity contribution in [1.82, 2.24) is 15.1 Å². The van der Waals surface area contributed by atoms with Crippen LogP contribution in [0.15, 0.2) is 47.1 Å². The van der Waals surface area contributed by atoms with E-state index in [1.54, 1.807) is 24.3 Å². The van der Waals surface area contributed by atoms with E-state index < -0.39 is 0 Å². The third-order valence-corrected chi connectivity index (χ3v) is 4.78. The van der Waals surface area contributed by atoms with Crippen molar-refractivity contribution < 1.29 is 14.1 Å². The number of amides is 1. The first-order chi connectivity index (χ1) is 13.2. The molecule has 1 atom stereocenters. The van der Waals surface area contributed by atoms with Gasteiger partial charge in [0.1, 0.15) is 0 Å². The van der Waals surface area contributed by atoms with Crippen LogP contribution < -0.4 is 9.64 Å². The summed E-state index contributed by atoms with van der Waals surface area (Å²) in [7, 11) is 1.56. The predicted octanol–water partition coefficient (Wildman–Crippen LogP) is 3.22. The highest BCUT2D eigenvalue weighted by Gasteiger charge is 2.34. The zero-order valence-electron chi connectivity index (χ0n) is 15.3. The summed E-state index contributed by atoms with van der Waals surface area (Å²) >= 11 is 0. The van der Waals surface area contributed by atoms with Gasteiger partial charge in [-0.1, -0.05) is 24.2 Å². The number of hydrogen-bond acceptors (Lipinski definition) is 6. The Morgan fingerprint density at radius 1 is 1.22 bits per heavy atom. The van der Waals surface area contributed by atoms with Crippen LogP contribution in [0.3, 0.4) is 0 Å². The first kappa shape index (κ1) is 17.2. The maximum Gasteiger partial charge on any atom is 0.259 e. The molecule has 0 N–H and O–H groups in total. The topological polar surface area (TPSA) is 81.3 Å². The number of pyridine rings is 1. The molecule has 1 aliphatic rings. The molecule has 1 unspecified atom stereocenters. The molecule has 138 valence electrons. The Morgan fingerprint density at radius 3 is 2.70 bits per heavy atom. The SMILES string of the molecule is CCc1ccc(N2CC(c3noc(-c4ccc(OC)nc4)n3)CC2=O)cc1. The number of rotatable bonds is 5. The van der Waals surface area contributed by atoms with Crippen LogP contribution >= 0.6 is 0 Å². The summed E-state index contributed by atoms with van der Waals surface area (Å²) in [6.07, 6.45) is 2.97. The molecule has 3 heterocycles. The number of aromatic nitrogens is 3. The molecule has 1 fully saturated rings.